The highest BCUT2D eigenvalue weighted by Crippen LogP contribution is 2.34. The van der Waals surface area contributed by atoms with Gasteiger partial charge in [-0.05, 0) is 19.3 Å². The van der Waals surface area contributed by atoms with Crippen molar-refractivity contribution in [2.24, 2.45) is 0 Å². The van der Waals surface area contributed by atoms with Gasteiger partial charge in [0, 0.05) is 6.54 Å². The Balaban J connectivity index is 1.68. The number of ether oxygens (including phenoxy) is 1. The van der Waals surface area contributed by atoms with E-state index in [0.717, 1.165) is 19.3 Å². The largest absolute Gasteiger partial charge is 0.373 e. The van der Waals surface area contributed by atoms with Crippen LogP contribution in [0.25, 0.3) is 0 Å². The second-order valence-corrected chi connectivity index (χ2v) is 4.20. The van der Waals surface area contributed by atoms with Crippen molar-refractivity contribution in [3.8, 4) is 0 Å². The molecule has 4 heteroatoms. The smallest absolute Gasteiger partial charge is 0.234 e. The van der Waals surface area contributed by atoms with Crippen LogP contribution in [0, 0.1) is 0 Å². The van der Waals surface area contributed by atoms with Crippen LogP contribution in [0.4, 0.5) is 0 Å². The molecule has 2 heterocycles. The molecule has 0 spiro atoms. The van der Waals surface area contributed by atoms with E-state index < -0.39 is 0 Å². The zero-order chi connectivity index (χ0) is 10.7. The molecule has 2 fully saturated rings. The summed E-state index contributed by atoms with van der Waals surface area (Å²) in [7, 11) is 0. The minimum Gasteiger partial charge on any atom is -0.373 e. The molecule has 0 saturated carbocycles. The summed E-state index contributed by atoms with van der Waals surface area (Å²) >= 11 is 0. The molecule has 0 aliphatic carbocycles. The lowest BCUT2D eigenvalue weighted by Crippen LogP contribution is -2.44. The van der Waals surface area contributed by atoms with Gasteiger partial charge in [0.1, 0.15) is 0 Å². The van der Waals surface area contributed by atoms with E-state index >= 15 is 0 Å². The summed E-state index contributed by atoms with van der Waals surface area (Å²) in [4.78, 5) is 11.5. The zero-order valence-electron chi connectivity index (χ0n) is 8.87. The first-order valence-electron chi connectivity index (χ1n) is 5.56. The first kappa shape index (κ1) is 10.6. The van der Waals surface area contributed by atoms with Crippen LogP contribution in [0.1, 0.15) is 19.3 Å². The summed E-state index contributed by atoms with van der Waals surface area (Å²) in [6.45, 7) is 4.61. The summed E-state index contributed by atoms with van der Waals surface area (Å²) in [6.07, 6.45) is 5.63. The van der Waals surface area contributed by atoms with Gasteiger partial charge in [0.05, 0.1) is 24.8 Å². The lowest BCUT2D eigenvalue weighted by Gasteiger charge is -2.19. The average molecular weight is 210 g/mol. The Morgan fingerprint density at radius 3 is 3.00 bits per heavy atom. The summed E-state index contributed by atoms with van der Waals surface area (Å²) in [5.74, 6) is 0.0537. The third-order valence-electron chi connectivity index (χ3n) is 3.03. The summed E-state index contributed by atoms with van der Waals surface area (Å²) in [6, 6.07) is 0.238. The fourth-order valence-corrected chi connectivity index (χ4v) is 2.34. The standard InChI is InChI=1S/C11H18N2O2/c1-2-5-12-7-11(14)13-9-6-8-3-4-10(9)15-8/h2,8-10,12H,1,3-7H2,(H,13,14). The molecule has 1 amide bonds. The molecule has 2 rings (SSSR count). The number of hydrogen-bond donors (Lipinski definition) is 2. The van der Waals surface area contributed by atoms with Crippen molar-refractivity contribution in [2.75, 3.05) is 13.1 Å². The Bertz CT molecular complexity index is 255. The molecule has 3 unspecified atom stereocenters. The van der Waals surface area contributed by atoms with E-state index in [2.05, 4.69) is 17.2 Å². The number of amides is 1. The summed E-state index contributed by atoms with van der Waals surface area (Å²) in [5, 5.41) is 5.99. The van der Waals surface area contributed by atoms with Crippen LogP contribution in [-0.2, 0) is 9.53 Å². The minimum atomic E-state index is 0.0537. The van der Waals surface area contributed by atoms with Gasteiger partial charge >= 0.3 is 0 Å². The van der Waals surface area contributed by atoms with Crippen molar-refractivity contribution in [2.45, 2.75) is 37.5 Å². The van der Waals surface area contributed by atoms with Gasteiger partial charge in [-0.1, -0.05) is 6.08 Å². The van der Waals surface area contributed by atoms with E-state index in [1.54, 1.807) is 6.08 Å². The van der Waals surface area contributed by atoms with Crippen LogP contribution in [0.15, 0.2) is 12.7 Å². The van der Waals surface area contributed by atoms with Crippen molar-refractivity contribution < 1.29 is 9.53 Å². The van der Waals surface area contributed by atoms with Crippen molar-refractivity contribution in [1.29, 1.82) is 0 Å². The Hall–Kier alpha value is -0.870. The highest BCUT2D eigenvalue weighted by molar-refractivity contribution is 5.78. The molecule has 2 N–H and O–H groups in total. The van der Waals surface area contributed by atoms with E-state index in [0.29, 0.717) is 19.2 Å². The third kappa shape index (κ3) is 2.58. The van der Waals surface area contributed by atoms with Crippen molar-refractivity contribution >= 4 is 5.91 Å². The maximum atomic E-state index is 11.5. The van der Waals surface area contributed by atoms with Crippen LogP contribution in [0.3, 0.4) is 0 Å². The third-order valence-corrected chi connectivity index (χ3v) is 3.03. The molecule has 4 nitrogen and oxygen atoms in total. The number of carbonyl (C=O) groups is 1. The van der Waals surface area contributed by atoms with E-state index in [9.17, 15) is 4.79 Å². The SMILES string of the molecule is C=CCNCC(=O)NC1CC2CCC1O2. The maximum Gasteiger partial charge on any atom is 0.234 e. The van der Waals surface area contributed by atoms with Gasteiger partial charge < -0.3 is 15.4 Å². The number of nitrogens with one attached hydrogen (secondary N) is 2. The first-order valence-corrected chi connectivity index (χ1v) is 5.56. The molecule has 2 bridgehead atoms. The molecule has 0 aromatic heterocycles. The van der Waals surface area contributed by atoms with Gasteiger partial charge in [-0.2, -0.15) is 0 Å². The summed E-state index contributed by atoms with van der Waals surface area (Å²) < 4.78 is 5.66. The van der Waals surface area contributed by atoms with Crippen LogP contribution < -0.4 is 10.6 Å². The average Bonchev–Trinajstić information content (AvgIpc) is 2.79. The highest BCUT2D eigenvalue weighted by Gasteiger charge is 2.41. The predicted octanol–water partition coefficient (Wildman–Crippen LogP) is 0.198. The van der Waals surface area contributed by atoms with Crippen molar-refractivity contribution in [3.05, 3.63) is 12.7 Å². The first-order chi connectivity index (χ1) is 7.29. The molecule has 3 atom stereocenters. The van der Waals surface area contributed by atoms with E-state index in [-0.39, 0.29) is 18.1 Å². The molecular weight excluding hydrogens is 192 g/mol. The zero-order valence-corrected chi connectivity index (χ0v) is 8.87. The topological polar surface area (TPSA) is 50.4 Å². The Kier molecular flexibility index (Phi) is 3.38. The molecule has 0 aromatic carbocycles. The normalized spacial score (nSPS) is 32.9. The second-order valence-electron chi connectivity index (χ2n) is 4.20. The number of rotatable bonds is 5. The van der Waals surface area contributed by atoms with Crippen LogP contribution >= 0.6 is 0 Å². The van der Waals surface area contributed by atoms with Crippen LogP contribution in [0.2, 0.25) is 0 Å². The van der Waals surface area contributed by atoms with Crippen LogP contribution in [-0.4, -0.2) is 37.2 Å². The minimum absolute atomic E-state index is 0.0537. The fraction of sp³-hybridized carbons (Fsp3) is 0.727. The molecule has 2 aliphatic rings. The molecular formula is C11H18N2O2. The molecule has 0 aromatic rings. The van der Waals surface area contributed by atoms with E-state index in [4.69, 9.17) is 4.74 Å². The maximum absolute atomic E-state index is 11.5. The van der Waals surface area contributed by atoms with Gasteiger partial charge in [0.25, 0.3) is 0 Å². The Morgan fingerprint density at radius 2 is 2.40 bits per heavy atom. The number of fused-ring (bicyclic) bond motifs is 2. The quantitative estimate of drug-likeness (QED) is 0.503. The summed E-state index contributed by atoms with van der Waals surface area (Å²) in [5.41, 5.74) is 0. The Labute approximate surface area is 90.1 Å². The molecule has 2 saturated heterocycles. The predicted molar refractivity (Wildman–Crippen MR) is 57.5 cm³/mol. The van der Waals surface area contributed by atoms with Crippen molar-refractivity contribution in [1.82, 2.24) is 10.6 Å². The number of carbonyl (C=O) groups excluding carboxylic acids is 1. The van der Waals surface area contributed by atoms with Gasteiger partial charge in [-0.25, -0.2) is 0 Å². The van der Waals surface area contributed by atoms with Crippen LogP contribution in [0.5, 0.6) is 0 Å². The van der Waals surface area contributed by atoms with E-state index in [1.165, 1.54) is 0 Å². The van der Waals surface area contributed by atoms with Gasteiger partial charge in [-0.15, -0.1) is 6.58 Å². The number of hydrogen-bond acceptors (Lipinski definition) is 3. The lowest BCUT2D eigenvalue weighted by atomic mass is 9.95. The fourth-order valence-electron chi connectivity index (χ4n) is 2.34. The molecule has 2 aliphatic heterocycles. The van der Waals surface area contributed by atoms with Gasteiger partial charge in [0.2, 0.25) is 5.91 Å². The Morgan fingerprint density at radius 1 is 1.53 bits per heavy atom. The molecule has 0 radical (unpaired) electrons. The highest BCUT2D eigenvalue weighted by atomic mass is 16.5. The van der Waals surface area contributed by atoms with E-state index in [1.807, 2.05) is 0 Å². The second kappa shape index (κ2) is 4.77. The molecule has 84 valence electrons. The van der Waals surface area contributed by atoms with Gasteiger partial charge in [0.15, 0.2) is 0 Å². The van der Waals surface area contributed by atoms with Gasteiger partial charge in [-0.3, -0.25) is 4.79 Å². The van der Waals surface area contributed by atoms with Crippen molar-refractivity contribution in [3.63, 3.8) is 0 Å². The lowest BCUT2D eigenvalue weighted by molar-refractivity contribution is -0.121. The molecule has 15 heavy (non-hydrogen) atoms. The monoisotopic (exact) mass is 210 g/mol.